The number of hydrogen-bond donors (Lipinski definition) is 0. The fourth-order valence-electron chi connectivity index (χ4n) is 1.56. The van der Waals surface area contributed by atoms with Crippen molar-refractivity contribution in [3.63, 3.8) is 0 Å². The number of halogens is 1. The number of hydrogen-bond acceptors (Lipinski definition) is 4. The first-order valence-electron chi connectivity index (χ1n) is 4.93. The molecule has 0 atom stereocenters. The molecule has 1 aromatic carbocycles. The maximum Gasteiger partial charge on any atom is 0.195 e. The Bertz CT molecular complexity index is 457. The number of rotatable bonds is 1. The van der Waals surface area contributed by atoms with Gasteiger partial charge in [0.05, 0.1) is 0 Å². The third kappa shape index (κ3) is 2.02. The molecule has 0 aromatic heterocycles. The molecular formula is C11H12ClN3O. The monoisotopic (exact) mass is 237 g/mol. The van der Waals surface area contributed by atoms with Gasteiger partial charge in [-0.25, -0.2) is 5.01 Å². The highest BCUT2D eigenvalue weighted by atomic mass is 35.5. The Morgan fingerprint density at radius 3 is 3.12 bits per heavy atom. The van der Waals surface area contributed by atoms with Gasteiger partial charge in [0.15, 0.2) is 5.84 Å². The van der Waals surface area contributed by atoms with Crippen LogP contribution in [-0.4, -0.2) is 24.1 Å². The maximum absolute atomic E-state index is 5.97. The lowest BCUT2D eigenvalue weighted by Crippen LogP contribution is -2.26. The molecular weight excluding hydrogens is 226 g/mol. The molecule has 0 saturated heterocycles. The summed E-state index contributed by atoms with van der Waals surface area (Å²) in [4.78, 5) is 5.15. The summed E-state index contributed by atoms with van der Waals surface area (Å²) in [6, 6.07) is 5.66. The first kappa shape index (κ1) is 11.0. The topological polar surface area (TPSA) is 37.2 Å². The van der Waals surface area contributed by atoms with Gasteiger partial charge >= 0.3 is 0 Å². The Balaban J connectivity index is 2.43. The molecule has 1 aliphatic heterocycles. The molecule has 5 heteroatoms. The summed E-state index contributed by atoms with van der Waals surface area (Å²) >= 11 is 5.97. The standard InChI is InChI=1S/C11H12ClN3O/c1-3-13-15(2)11-10-6-9(12)5-4-8(10)7-16-14-11/h3-6H,7H2,1-2H3/b13-3+. The number of fused-ring (bicyclic) bond motifs is 1. The number of nitrogens with zero attached hydrogens (tertiary/aromatic N) is 3. The van der Waals surface area contributed by atoms with Gasteiger partial charge in [-0.3, -0.25) is 0 Å². The van der Waals surface area contributed by atoms with Crippen molar-refractivity contribution in [2.45, 2.75) is 13.5 Å². The van der Waals surface area contributed by atoms with Crippen LogP contribution in [0.2, 0.25) is 5.02 Å². The van der Waals surface area contributed by atoms with Crippen LogP contribution in [0.5, 0.6) is 0 Å². The fraction of sp³-hybridized carbons (Fsp3) is 0.273. The van der Waals surface area contributed by atoms with Gasteiger partial charge in [0, 0.05) is 29.4 Å². The number of benzene rings is 1. The van der Waals surface area contributed by atoms with Crippen molar-refractivity contribution < 1.29 is 4.84 Å². The predicted molar refractivity (Wildman–Crippen MR) is 64.7 cm³/mol. The fourth-order valence-corrected chi connectivity index (χ4v) is 1.73. The molecule has 0 radical (unpaired) electrons. The second kappa shape index (κ2) is 4.53. The van der Waals surface area contributed by atoms with E-state index in [0.717, 1.165) is 11.1 Å². The van der Waals surface area contributed by atoms with Gasteiger partial charge in [0.2, 0.25) is 0 Å². The minimum Gasteiger partial charge on any atom is -0.389 e. The van der Waals surface area contributed by atoms with E-state index in [1.54, 1.807) is 11.2 Å². The Kier molecular flexibility index (Phi) is 3.10. The predicted octanol–water partition coefficient (Wildman–Crippen LogP) is 2.47. The Hall–Kier alpha value is -1.55. The molecule has 1 heterocycles. The van der Waals surface area contributed by atoms with Crippen LogP contribution in [0.4, 0.5) is 0 Å². The minimum absolute atomic E-state index is 0.472. The molecule has 1 aromatic rings. The number of oxime groups is 1. The van der Waals surface area contributed by atoms with Crippen molar-refractivity contribution in [2.24, 2.45) is 10.3 Å². The van der Waals surface area contributed by atoms with Gasteiger partial charge in [-0.2, -0.15) is 5.10 Å². The summed E-state index contributed by atoms with van der Waals surface area (Å²) < 4.78 is 0. The highest BCUT2D eigenvalue weighted by Crippen LogP contribution is 2.22. The van der Waals surface area contributed by atoms with Crippen LogP contribution in [0, 0.1) is 0 Å². The van der Waals surface area contributed by atoms with E-state index in [-0.39, 0.29) is 0 Å². The molecule has 84 valence electrons. The Morgan fingerprint density at radius 1 is 1.56 bits per heavy atom. The Labute approximate surface area is 99.1 Å². The van der Waals surface area contributed by atoms with Crippen molar-refractivity contribution in [2.75, 3.05) is 7.05 Å². The summed E-state index contributed by atoms with van der Waals surface area (Å²) in [5.74, 6) is 0.668. The lowest BCUT2D eigenvalue weighted by Gasteiger charge is -2.21. The molecule has 4 nitrogen and oxygen atoms in total. The quantitative estimate of drug-likeness (QED) is 0.556. The Morgan fingerprint density at radius 2 is 2.38 bits per heavy atom. The molecule has 0 amide bonds. The molecule has 0 spiro atoms. The van der Waals surface area contributed by atoms with Gasteiger partial charge in [-0.1, -0.05) is 22.8 Å². The zero-order valence-corrected chi connectivity index (χ0v) is 9.90. The van der Waals surface area contributed by atoms with E-state index >= 15 is 0 Å². The second-order valence-electron chi connectivity index (χ2n) is 3.39. The highest BCUT2D eigenvalue weighted by molar-refractivity contribution is 6.31. The van der Waals surface area contributed by atoms with Crippen LogP contribution in [0.3, 0.4) is 0 Å². The van der Waals surface area contributed by atoms with Gasteiger partial charge in [0.1, 0.15) is 6.61 Å². The molecule has 0 N–H and O–H groups in total. The van der Waals surface area contributed by atoms with Crippen LogP contribution >= 0.6 is 11.6 Å². The minimum atomic E-state index is 0.472. The smallest absolute Gasteiger partial charge is 0.195 e. The van der Waals surface area contributed by atoms with Gasteiger partial charge in [-0.05, 0) is 19.1 Å². The van der Waals surface area contributed by atoms with E-state index in [2.05, 4.69) is 10.3 Å². The van der Waals surface area contributed by atoms with Crippen molar-refractivity contribution in [1.82, 2.24) is 5.01 Å². The van der Waals surface area contributed by atoms with E-state index in [1.165, 1.54) is 0 Å². The molecule has 0 saturated carbocycles. The van der Waals surface area contributed by atoms with Crippen LogP contribution < -0.4 is 0 Å². The van der Waals surface area contributed by atoms with Crippen molar-refractivity contribution in [1.29, 1.82) is 0 Å². The van der Waals surface area contributed by atoms with Gasteiger partial charge in [-0.15, -0.1) is 0 Å². The molecule has 16 heavy (non-hydrogen) atoms. The normalized spacial score (nSPS) is 14.3. The first-order valence-corrected chi connectivity index (χ1v) is 5.31. The summed E-state index contributed by atoms with van der Waals surface area (Å²) in [5.41, 5.74) is 2.03. The summed E-state index contributed by atoms with van der Waals surface area (Å²) in [6.45, 7) is 2.32. The van der Waals surface area contributed by atoms with Crippen LogP contribution in [0.1, 0.15) is 18.1 Å². The van der Waals surface area contributed by atoms with Gasteiger partial charge in [0.25, 0.3) is 0 Å². The average Bonchev–Trinajstić information content (AvgIpc) is 2.28. The van der Waals surface area contributed by atoms with Crippen molar-refractivity contribution >= 4 is 23.7 Å². The van der Waals surface area contributed by atoms with Crippen LogP contribution in [-0.2, 0) is 11.4 Å². The largest absolute Gasteiger partial charge is 0.389 e. The molecule has 0 aliphatic carbocycles. The summed E-state index contributed by atoms with van der Waals surface area (Å²) in [5, 5.41) is 10.5. The maximum atomic E-state index is 5.97. The average molecular weight is 238 g/mol. The summed E-state index contributed by atoms with van der Waals surface area (Å²) in [7, 11) is 1.82. The SMILES string of the molecule is C/C=N/N(C)C1=NOCc2ccc(Cl)cc21. The lowest BCUT2D eigenvalue weighted by atomic mass is 10.1. The molecule has 1 aliphatic rings. The number of amidine groups is 1. The van der Waals surface area contributed by atoms with E-state index in [4.69, 9.17) is 16.4 Å². The molecule has 0 unspecified atom stereocenters. The zero-order valence-electron chi connectivity index (χ0n) is 9.14. The third-order valence-corrected chi connectivity index (χ3v) is 2.51. The second-order valence-corrected chi connectivity index (χ2v) is 3.82. The van der Waals surface area contributed by atoms with E-state index in [9.17, 15) is 0 Å². The van der Waals surface area contributed by atoms with Gasteiger partial charge < -0.3 is 4.84 Å². The highest BCUT2D eigenvalue weighted by Gasteiger charge is 2.18. The zero-order chi connectivity index (χ0) is 11.5. The van der Waals surface area contributed by atoms with E-state index in [1.807, 2.05) is 32.2 Å². The van der Waals surface area contributed by atoms with Crippen LogP contribution in [0.25, 0.3) is 0 Å². The lowest BCUT2D eigenvalue weighted by molar-refractivity contribution is 0.121. The molecule has 2 rings (SSSR count). The van der Waals surface area contributed by atoms with Crippen molar-refractivity contribution in [3.05, 3.63) is 34.3 Å². The summed E-state index contributed by atoms with van der Waals surface area (Å²) in [6.07, 6.45) is 1.70. The van der Waals surface area contributed by atoms with Crippen LogP contribution in [0.15, 0.2) is 28.5 Å². The third-order valence-electron chi connectivity index (χ3n) is 2.28. The molecule has 0 fully saturated rings. The van der Waals surface area contributed by atoms with Crippen molar-refractivity contribution in [3.8, 4) is 0 Å². The number of hydrazone groups is 1. The molecule has 0 bridgehead atoms. The first-order chi connectivity index (χ1) is 7.72. The van der Waals surface area contributed by atoms with E-state index < -0.39 is 0 Å². The van der Waals surface area contributed by atoms with E-state index in [0.29, 0.717) is 17.5 Å².